The Morgan fingerprint density at radius 3 is 1.61 bits per heavy atom. The van der Waals surface area contributed by atoms with Crippen molar-refractivity contribution in [3.63, 3.8) is 0 Å². The number of fused-ring (bicyclic) bond motifs is 2. The van der Waals surface area contributed by atoms with E-state index < -0.39 is 0 Å². The largest absolute Gasteiger partial charge is 0.256 e. The van der Waals surface area contributed by atoms with Crippen molar-refractivity contribution in [2.45, 2.75) is 34.1 Å². The summed E-state index contributed by atoms with van der Waals surface area (Å²) in [6.07, 6.45) is 11.6. The van der Waals surface area contributed by atoms with E-state index in [1.165, 1.54) is 33.0 Å². The van der Waals surface area contributed by atoms with Crippen LogP contribution in [0.3, 0.4) is 0 Å². The maximum atomic E-state index is 5.17. The lowest BCUT2D eigenvalue weighted by atomic mass is 9.86. The zero-order valence-electron chi connectivity index (χ0n) is 33.8. The van der Waals surface area contributed by atoms with Crippen LogP contribution in [0, 0.1) is 6.92 Å². The van der Waals surface area contributed by atoms with Gasteiger partial charge in [-0.1, -0.05) is 134 Å². The third-order valence-electron chi connectivity index (χ3n) is 11.2. The topological polar surface area (TPSA) is 51.6 Å². The van der Waals surface area contributed by atoms with E-state index in [9.17, 15) is 0 Å². The fourth-order valence-electron chi connectivity index (χ4n) is 8.27. The molecule has 0 amide bonds. The molecule has 0 aliphatic heterocycles. The molecule has 0 atom stereocenters. The molecule has 0 aliphatic carbocycles. The first-order valence-corrected chi connectivity index (χ1v) is 20.3. The van der Waals surface area contributed by atoms with E-state index in [4.69, 9.17) is 15.0 Å². The van der Waals surface area contributed by atoms with Gasteiger partial charge in [-0.15, -0.1) is 0 Å². The van der Waals surface area contributed by atoms with Crippen LogP contribution in [0.4, 0.5) is 0 Å². The number of rotatable bonds is 9. The number of benzene rings is 7. The van der Waals surface area contributed by atoms with Crippen LogP contribution >= 0.6 is 0 Å². The molecule has 0 fully saturated rings. The Labute approximate surface area is 346 Å². The summed E-state index contributed by atoms with van der Waals surface area (Å²) in [6.45, 7) is 8.71. The van der Waals surface area contributed by atoms with Gasteiger partial charge in [0.1, 0.15) is 0 Å². The lowest BCUT2D eigenvalue weighted by Crippen LogP contribution is -2.00. The van der Waals surface area contributed by atoms with Gasteiger partial charge in [0, 0.05) is 28.3 Å². The number of aromatic nitrogens is 4. The zero-order chi connectivity index (χ0) is 40.3. The van der Waals surface area contributed by atoms with E-state index in [1.54, 1.807) is 0 Å². The van der Waals surface area contributed by atoms with E-state index in [0.717, 1.165) is 67.4 Å². The van der Waals surface area contributed by atoms with Crippen LogP contribution in [0.2, 0.25) is 0 Å². The standard InChI is InChI=1S/C55H44N4/c1-5-16-48-36(4)47(7-3)49(17-6-2)51-35-42(25-27-50(48)51)45-32-44(40-23-14-22-39(30-40)41-26-28-52-43(31-41)24-15-29-56-52)33-46(34-45)55-58-53(37-18-10-8-11-19-37)57-54(59-55)38-20-12-9-13-21-38/h5-6,8-35H,7H2,1-4H3/b16-5-,17-6-. The van der Waals surface area contributed by atoms with Gasteiger partial charge in [-0.05, 0) is 142 Å². The normalized spacial score (nSPS) is 11.7. The molecule has 0 N–H and O–H groups in total. The monoisotopic (exact) mass is 760 g/mol. The summed E-state index contributed by atoms with van der Waals surface area (Å²) < 4.78 is 0. The third-order valence-corrected chi connectivity index (χ3v) is 11.2. The first-order valence-electron chi connectivity index (χ1n) is 20.3. The van der Waals surface area contributed by atoms with Gasteiger partial charge in [0.05, 0.1) is 5.52 Å². The molecule has 0 saturated carbocycles. The van der Waals surface area contributed by atoms with Crippen molar-refractivity contribution in [1.29, 1.82) is 0 Å². The first-order chi connectivity index (χ1) is 29.0. The summed E-state index contributed by atoms with van der Waals surface area (Å²) in [4.78, 5) is 19.9. The average molecular weight is 761 g/mol. The molecule has 0 bridgehead atoms. The molecule has 9 rings (SSSR count). The van der Waals surface area contributed by atoms with Crippen molar-refractivity contribution >= 4 is 33.8 Å². The molecule has 7 aromatic carbocycles. The quantitative estimate of drug-likeness (QED) is 0.147. The molecule has 0 spiro atoms. The third kappa shape index (κ3) is 7.37. The first kappa shape index (κ1) is 37.3. The molecule has 9 aromatic rings. The van der Waals surface area contributed by atoms with Gasteiger partial charge in [0.25, 0.3) is 0 Å². The van der Waals surface area contributed by atoms with E-state index >= 15 is 0 Å². The Balaban J connectivity index is 1.28. The summed E-state index contributed by atoms with van der Waals surface area (Å²) in [6, 6.07) is 53.4. The highest BCUT2D eigenvalue weighted by molar-refractivity contribution is 6.01. The van der Waals surface area contributed by atoms with Crippen molar-refractivity contribution in [2.75, 3.05) is 0 Å². The lowest BCUT2D eigenvalue weighted by Gasteiger charge is -2.18. The summed E-state index contributed by atoms with van der Waals surface area (Å²) >= 11 is 0. The second-order valence-corrected chi connectivity index (χ2v) is 14.9. The van der Waals surface area contributed by atoms with Gasteiger partial charge < -0.3 is 0 Å². The summed E-state index contributed by atoms with van der Waals surface area (Å²) in [5.74, 6) is 1.89. The van der Waals surface area contributed by atoms with Crippen molar-refractivity contribution < 1.29 is 0 Å². The minimum absolute atomic E-state index is 0.619. The Hall–Kier alpha value is -7.30. The van der Waals surface area contributed by atoms with E-state index in [0.29, 0.717) is 17.5 Å². The van der Waals surface area contributed by atoms with Crippen LogP contribution in [0.1, 0.15) is 43.0 Å². The molecule has 0 saturated heterocycles. The van der Waals surface area contributed by atoms with Crippen LogP contribution in [-0.2, 0) is 6.42 Å². The molecule has 284 valence electrons. The summed E-state index contributed by atoms with van der Waals surface area (Å²) in [5, 5.41) is 3.61. The van der Waals surface area contributed by atoms with Crippen LogP contribution in [0.5, 0.6) is 0 Å². The number of hydrogen-bond acceptors (Lipinski definition) is 4. The molecule has 4 heteroatoms. The van der Waals surface area contributed by atoms with E-state index in [1.807, 2.05) is 48.7 Å². The van der Waals surface area contributed by atoms with E-state index in [-0.39, 0.29) is 0 Å². The predicted molar refractivity (Wildman–Crippen MR) is 249 cm³/mol. The van der Waals surface area contributed by atoms with Crippen LogP contribution in [-0.4, -0.2) is 19.9 Å². The Morgan fingerprint density at radius 1 is 0.441 bits per heavy atom. The van der Waals surface area contributed by atoms with Gasteiger partial charge in [-0.25, -0.2) is 15.0 Å². The smallest absolute Gasteiger partial charge is 0.164 e. The molecule has 4 nitrogen and oxygen atoms in total. The summed E-state index contributed by atoms with van der Waals surface area (Å²) in [7, 11) is 0. The van der Waals surface area contributed by atoms with Crippen LogP contribution < -0.4 is 0 Å². The lowest BCUT2D eigenvalue weighted by molar-refractivity contribution is 1.07. The molecule has 2 aromatic heterocycles. The molecule has 2 heterocycles. The fraction of sp³-hybridized carbons (Fsp3) is 0.0909. The zero-order valence-corrected chi connectivity index (χ0v) is 33.8. The van der Waals surface area contributed by atoms with Crippen molar-refractivity contribution in [3.05, 3.63) is 192 Å². The number of pyridine rings is 1. The van der Waals surface area contributed by atoms with Crippen molar-refractivity contribution in [2.24, 2.45) is 0 Å². The SMILES string of the molecule is C/C=C\c1c(C)c(CC)c(/C=C\C)c2cc(-c3cc(-c4cccc(-c5ccc6ncccc6c5)c4)cc(-c4nc(-c5ccccc5)nc(-c5ccccc5)n4)c3)ccc12. The van der Waals surface area contributed by atoms with Crippen LogP contribution in [0.25, 0.3) is 101 Å². The number of nitrogens with zero attached hydrogens (tertiary/aromatic N) is 4. The highest BCUT2D eigenvalue weighted by atomic mass is 15.0. The second kappa shape index (κ2) is 16.3. The molecular formula is C55H44N4. The van der Waals surface area contributed by atoms with Gasteiger partial charge in [0.15, 0.2) is 17.5 Å². The van der Waals surface area contributed by atoms with Gasteiger partial charge in [-0.3, -0.25) is 4.98 Å². The number of hydrogen-bond donors (Lipinski definition) is 0. The highest BCUT2D eigenvalue weighted by Gasteiger charge is 2.18. The van der Waals surface area contributed by atoms with Gasteiger partial charge >= 0.3 is 0 Å². The van der Waals surface area contributed by atoms with Gasteiger partial charge in [-0.2, -0.15) is 0 Å². The van der Waals surface area contributed by atoms with Crippen molar-refractivity contribution in [3.8, 4) is 67.5 Å². The molecular weight excluding hydrogens is 717 g/mol. The Morgan fingerprint density at radius 2 is 0.966 bits per heavy atom. The molecule has 0 radical (unpaired) electrons. The molecule has 0 aliphatic rings. The fourth-order valence-corrected chi connectivity index (χ4v) is 8.27. The van der Waals surface area contributed by atoms with E-state index in [2.05, 4.69) is 166 Å². The number of allylic oxidation sites excluding steroid dienone is 2. The average Bonchev–Trinajstić information content (AvgIpc) is 3.30. The summed E-state index contributed by atoms with van der Waals surface area (Å²) in [5.41, 5.74) is 15.7. The minimum Gasteiger partial charge on any atom is -0.256 e. The minimum atomic E-state index is 0.619. The maximum absolute atomic E-state index is 5.17. The Bertz CT molecular complexity index is 3000. The Kier molecular flexibility index (Phi) is 10.3. The predicted octanol–water partition coefficient (Wildman–Crippen LogP) is 14.5. The maximum Gasteiger partial charge on any atom is 0.164 e. The molecule has 0 unspecified atom stereocenters. The van der Waals surface area contributed by atoms with Crippen LogP contribution in [0.15, 0.2) is 170 Å². The van der Waals surface area contributed by atoms with Crippen molar-refractivity contribution in [1.82, 2.24) is 19.9 Å². The van der Waals surface area contributed by atoms with Gasteiger partial charge in [0.2, 0.25) is 0 Å². The highest BCUT2D eigenvalue weighted by Crippen LogP contribution is 2.39. The molecule has 59 heavy (non-hydrogen) atoms. The second-order valence-electron chi connectivity index (χ2n) is 14.9.